The second kappa shape index (κ2) is 5.76. The van der Waals surface area contributed by atoms with Crippen LogP contribution in [0.2, 0.25) is 0 Å². The van der Waals surface area contributed by atoms with Gasteiger partial charge in [0.05, 0.1) is 11.1 Å². The molecule has 2 rings (SSSR count). The number of pyridine rings is 1. The Morgan fingerprint density at radius 3 is 2.85 bits per heavy atom. The van der Waals surface area contributed by atoms with Crippen molar-refractivity contribution in [1.82, 2.24) is 9.72 Å². The van der Waals surface area contributed by atoms with Gasteiger partial charge in [-0.3, -0.25) is 10.1 Å². The van der Waals surface area contributed by atoms with Crippen molar-refractivity contribution in [2.24, 2.45) is 5.92 Å². The van der Waals surface area contributed by atoms with Crippen molar-refractivity contribution in [3.05, 3.63) is 41.7 Å². The highest BCUT2D eigenvalue weighted by Gasteiger charge is 2.21. The van der Waals surface area contributed by atoms with Crippen LogP contribution in [-0.4, -0.2) is 21.5 Å². The lowest BCUT2D eigenvalue weighted by Gasteiger charge is -2.17. The normalized spacial score (nSPS) is 12.5. The van der Waals surface area contributed by atoms with Gasteiger partial charge in [-0.15, -0.1) is 0 Å². The molecule has 0 aromatic carbocycles. The fraction of sp³-hybridized carbons (Fsp3) is 0.333. The third-order valence-corrected chi connectivity index (χ3v) is 3.32. The molecule has 5 nitrogen and oxygen atoms in total. The van der Waals surface area contributed by atoms with Crippen LogP contribution in [0.4, 0.5) is 0 Å². The summed E-state index contributed by atoms with van der Waals surface area (Å²) in [4.78, 5) is 11.2. The molecule has 20 heavy (non-hydrogen) atoms. The van der Waals surface area contributed by atoms with Crippen molar-refractivity contribution in [2.75, 3.05) is 0 Å². The number of carbonyl (C=O) groups is 1. The van der Waals surface area contributed by atoms with Crippen LogP contribution in [0.1, 0.15) is 25.0 Å². The molecule has 0 amide bonds. The number of nitriles is 1. The first-order chi connectivity index (χ1) is 9.54. The maximum Gasteiger partial charge on any atom is 0.320 e. The van der Waals surface area contributed by atoms with Crippen LogP contribution in [0.3, 0.4) is 0 Å². The van der Waals surface area contributed by atoms with E-state index < -0.39 is 12.0 Å². The molecule has 2 N–H and O–H groups in total. The highest BCUT2D eigenvalue weighted by Crippen LogP contribution is 2.18. The zero-order valence-electron chi connectivity index (χ0n) is 11.5. The predicted molar refractivity (Wildman–Crippen MR) is 75.2 cm³/mol. The van der Waals surface area contributed by atoms with E-state index in [1.54, 1.807) is 0 Å². The number of fused-ring (bicyclic) bond motifs is 1. The summed E-state index contributed by atoms with van der Waals surface area (Å²) in [5, 5.41) is 21.4. The Hall–Kier alpha value is -2.32. The summed E-state index contributed by atoms with van der Waals surface area (Å²) in [6, 6.07) is 7.21. The number of aliphatic carboxylic acids is 1. The molecule has 2 heterocycles. The maximum absolute atomic E-state index is 11.2. The Morgan fingerprint density at radius 1 is 1.50 bits per heavy atom. The first-order valence-corrected chi connectivity index (χ1v) is 6.49. The molecule has 0 radical (unpaired) electrons. The molecule has 0 aliphatic rings. The zero-order valence-corrected chi connectivity index (χ0v) is 11.5. The maximum atomic E-state index is 11.2. The topological polar surface area (TPSA) is 77.5 Å². The van der Waals surface area contributed by atoms with Crippen LogP contribution in [0.5, 0.6) is 0 Å². The van der Waals surface area contributed by atoms with E-state index in [1.807, 2.05) is 48.8 Å². The lowest BCUT2D eigenvalue weighted by atomic mass is 10.0. The number of carboxylic acid groups (broad SMARTS) is 1. The van der Waals surface area contributed by atoms with Gasteiger partial charge in [0.15, 0.2) is 0 Å². The number of nitrogens with zero attached hydrogens (tertiary/aromatic N) is 2. The second-order valence-corrected chi connectivity index (χ2v) is 5.08. The molecule has 2 aromatic rings. The number of hydrogen-bond donors (Lipinski definition) is 2. The summed E-state index contributed by atoms with van der Waals surface area (Å²) in [6.07, 6.45) is 3.73. The van der Waals surface area contributed by atoms with E-state index in [4.69, 9.17) is 5.11 Å². The first-order valence-electron chi connectivity index (χ1n) is 6.49. The van der Waals surface area contributed by atoms with Crippen LogP contribution in [0.15, 0.2) is 30.6 Å². The average molecular weight is 271 g/mol. The van der Waals surface area contributed by atoms with Gasteiger partial charge >= 0.3 is 5.97 Å². The Balaban J connectivity index is 2.26. The van der Waals surface area contributed by atoms with Crippen molar-refractivity contribution >= 4 is 11.5 Å². The van der Waals surface area contributed by atoms with Crippen molar-refractivity contribution in [3.63, 3.8) is 0 Å². The molecule has 0 saturated carbocycles. The van der Waals surface area contributed by atoms with Gasteiger partial charge in [0.1, 0.15) is 12.1 Å². The molecule has 0 spiro atoms. The summed E-state index contributed by atoms with van der Waals surface area (Å²) in [6.45, 7) is 4.07. The number of nitrogens with one attached hydrogen (secondary N) is 1. The standard InChI is InChI=1S/C15H17N3O2/c1-10(2)14(15(19)20)17-8-11-9-18-6-4-3-5-13(18)12(11)7-16/h3-6,9-10,14,17H,8H2,1-2H3,(H,19,20). The Labute approximate surface area is 117 Å². The van der Waals surface area contributed by atoms with Crippen molar-refractivity contribution < 1.29 is 9.90 Å². The predicted octanol–water partition coefficient (Wildman–Crippen LogP) is 2.01. The molecule has 1 atom stereocenters. The van der Waals surface area contributed by atoms with Gasteiger partial charge in [-0.05, 0) is 18.1 Å². The largest absolute Gasteiger partial charge is 0.480 e. The molecule has 0 aliphatic carbocycles. The van der Waals surface area contributed by atoms with Crippen LogP contribution < -0.4 is 5.32 Å². The van der Waals surface area contributed by atoms with Crippen molar-refractivity contribution in [1.29, 1.82) is 5.26 Å². The molecule has 0 aliphatic heterocycles. The number of aromatic nitrogens is 1. The molecule has 0 saturated heterocycles. The molecule has 0 fully saturated rings. The van der Waals surface area contributed by atoms with E-state index in [0.29, 0.717) is 12.1 Å². The summed E-state index contributed by atoms with van der Waals surface area (Å²) >= 11 is 0. The number of carboxylic acids is 1. The summed E-state index contributed by atoms with van der Waals surface area (Å²) in [5.41, 5.74) is 2.24. The first kappa shape index (κ1) is 14.1. The van der Waals surface area contributed by atoms with Gasteiger partial charge < -0.3 is 9.51 Å². The number of rotatable bonds is 5. The van der Waals surface area contributed by atoms with Gasteiger partial charge in [-0.25, -0.2) is 0 Å². The molecule has 2 aromatic heterocycles. The third-order valence-electron chi connectivity index (χ3n) is 3.32. The van der Waals surface area contributed by atoms with Crippen molar-refractivity contribution in [2.45, 2.75) is 26.4 Å². The van der Waals surface area contributed by atoms with Crippen LogP contribution in [-0.2, 0) is 11.3 Å². The zero-order chi connectivity index (χ0) is 14.7. The molecule has 1 unspecified atom stereocenters. The monoisotopic (exact) mass is 271 g/mol. The SMILES string of the molecule is CC(C)C(NCc1cn2ccccc2c1C#N)C(=O)O. The minimum atomic E-state index is -0.873. The minimum absolute atomic E-state index is 0.0185. The average Bonchev–Trinajstić information content (AvgIpc) is 2.75. The second-order valence-electron chi connectivity index (χ2n) is 5.08. The molecular formula is C15H17N3O2. The Morgan fingerprint density at radius 2 is 2.25 bits per heavy atom. The van der Waals surface area contributed by atoms with Crippen LogP contribution in [0, 0.1) is 17.2 Å². The fourth-order valence-corrected chi connectivity index (χ4v) is 2.27. The van der Waals surface area contributed by atoms with Gasteiger partial charge in [0.2, 0.25) is 0 Å². The van der Waals surface area contributed by atoms with Crippen molar-refractivity contribution in [3.8, 4) is 6.07 Å². The molecular weight excluding hydrogens is 254 g/mol. The molecule has 0 bridgehead atoms. The van der Waals surface area contributed by atoms with E-state index in [9.17, 15) is 10.1 Å². The Kier molecular flexibility index (Phi) is 4.06. The molecule has 5 heteroatoms. The smallest absolute Gasteiger partial charge is 0.320 e. The summed E-state index contributed by atoms with van der Waals surface area (Å²) in [5.74, 6) is -0.891. The van der Waals surface area contributed by atoms with E-state index in [-0.39, 0.29) is 5.92 Å². The summed E-state index contributed by atoms with van der Waals surface area (Å²) < 4.78 is 1.88. The van der Waals surface area contributed by atoms with Gasteiger partial charge in [0, 0.05) is 24.5 Å². The van der Waals surface area contributed by atoms with Gasteiger partial charge in [0.25, 0.3) is 0 Å². The van der Waals surface area contributed by atoms with E-state index in [1.165, 1.54) is 0 Å². The van der Waals surface area contributed by atoms with Crippen LogP contribution in [0.25, 0.3) is 5.52 Å². The van der Waals surface area contributed by atoms with E-state index in [2.05, 4.69) is 11.4 Å². The number of hydrogen-bond acceptors (Lipinski definition) is 3. The highest BCUT2D eigenvalue weighted by molar-refractivity contribution is 5.73. The quantitative estimate of drug-likeness (QED) is 0.872. The van der Waals surface area contributed by atoms with E-state index >= 15 is 0 Å². The van der Waals surface area contributed by atoms with E-state index in [0.717, 1.165) is 11.1 Å². The van der Waals surface area contributed by atoms with Gasteiger partial charge in [-0.1, -0.05) is 19.9 Å². The van der Waals surface area contributed by atoms with Crippen LogP contribution >= 0.6 is 0 Å². The summed E-state index contributed by atoms with van der Waals surface area (Å²) in [7, 11) is 0. The Bertz CT molecular complexity index is 667. The lowest BCUT2D eigenvalue weighted by Crippen LogP contribution is -2.40. The minimum Gasteiger partial charge on any atom is -0.480 e. The highest BCUT2D eigenvalue weighted by atomic mass is 16.4. The van der Waals surface area contributed by atoms with Gasteiger partial charge in [-0.2, -0.15) is 5.26 Å². The third kappa shape index (κ3) is 2.65. The fourth-order valence-electron chi connectivity index (χ4n) is 2.27. The molecule has 104 valence electrons. The lowest BCUT2D eigenvalue weighted by molar-refractivity contribution is -0.140.